The van der Waals surface area contributed by atoms with Crippen LogP contribution in [0.3, 0.4) is 0 Å². The highest BCUT2D eigenvalue weighted by atomic mass is 16.5. The number of ether oxygens (including phenoxy) is 2. The Morgan fingerprint density at radius 1 is 1.19 bits per heavy atom. The standard InChI is InChI=1S/C17H25NO3/c1-12-10-16(21-3)14(11-15(12)20-2)8-9-18-17(19)13-6-4-5-7-13/h10-11,13H,4-9H2,1-3H3,(H,18,19). The van der Waals surface area contributed by atoms with Crippen molar-refractivity contribution in [1.29, 1.82) is 0 Å². The summed E-state index contributed by atoms with van der Waals surface area (Å²) in [6.07, 6.45) is 5.18. The van der Waals surface area contributed by atoms with E-state index in [9.17, 15) is 4.79 Å². The van der Waals surface area contributed by atoms with Crippen molar-refractivity contribution >= 4 is 5.91 Å². The van der Waals surface area contributed by atoms with E-state index in [4.69, 9.17) is 9.47 Å². The predicted molar refractivity (Wildman–Crippen MR) is 83.0 cm³/mol. The smallest absolute Gasteiger partial charge is 0.223 e. The lowest BCUT2D eigenvalue weighted by atomic mass is 10.1. The van der Waals surface area contributed by atoms with Crippen LogP contribution in [-0.2, 0) is 11.2 Å². The molecule has 0 bridgehead atoms. The quantitative estimate of drug-likeness (QED) is 0.876. The van der Waals surface area contributed by atoms with Gasteiger partial charge in [-0.2, -0.15) is 0 Å². The van der Waals surface area contributed by atoms with Gasteiger partial charge in [0.2, 0.25) is 5.91 Å². The summed E-state index contributed by atoms with van der Waals surface area (Å²) in [7, 11) is 3.34. The molecule has 1 aliphatic carbocycles. The van der Waals surface area contributed by atoms with Crippen LogP contribution in [0.15, 0.2) is 12.1 Å². The van der Waals surface area contributed by atoms with Gasteiger partial charge in [0, 0.05) is 12.5 Å². The molecule has 116 valence electrons. The third-order valence-electron chi connectivity index (χ3n) is 4.22. The molecular weight excluding hydrogens is 266 g/mol. The third kappa shape index (κ3) is 3.90. The number of rotatable bonds is 6. The van der Waals surface area contributed by atoms with Crippen LogP contribution in [0, 0.1) is 12.8 Å². The fraction of sp³-hybridized carbons (Fsp3) is 0.588. The summed E-state index contributed by atoms with van der Waals surface area (Å²) >= 11 is 0. The summed E-state index contributed by atoms with van der Waals surface area (Å²) in [6.45, 7) is 2.63. The van der Waals surface area contributed by atoms with Gasteiger partial charge in [0.05, 0.1) is 14.2 Å². The van der Waals surface area contributed by atoms with Crippen molar-refractivity contribution in [3.05, 3.63) is 23.3 Å². The van der Waals surface area contributed by atoms with Crippen LogP contribution in [0.2, 0.25) is 0 Å². The Hall–Kier alpha value is -1.71. The number of hydrogen-bond donors (Lipinski definition) is 1. The Kier molecular flexibility index (Phi) is 5.48. The van der Waals surface area contributed by atoms with E-state index >= 15 is 0 Å². The second-order valence-corrected chi connectivity index (χ2v) is 5.66. The van der Waals surface area contributed by atoms with Gasteiger partial charge in [0.25, 0.3) is 0 Å². The molecule has 1 aromatic rings. The van der Waals surface area contributed by atoms with Gasteiger partial charge >= 0.3 is 0 Å². The van der Waals surface area contributed by atoms with Crippen molar-refractivity contribution in [2.24, 2.45) is 5.92 Å². The van der Waals surface area contributed by atoms with Crippen LogP contribution in [-0.4, -0.2) is 26.7 Å². The van der Waals surface area contributed by atoms with Crippen LogP contribution in [0.1, 0.15) is 36.8 Å². The molecule has 0 heterocycles. The maximum Gasteiger partial charge on any atom is 0.223 e. The van der Waals surface area contributed by atoms with Crippen LogP contribution in [0.5, 0.6) is 11.5 Å². The zero-order valence-electron chi connectivity index (χ0n) is 13.2. The highest BCUT2D eigenvalue weighted by molar-refractivity contribution is 5.78. The zero-order chi connectivity index (χ0) is 15.2. The molecule has 1 aromatic carbocycles. The summed E-state index contributed by atoms with van der Waals surface area (Å²) in [5.41, 5.74) is 2.11. The number of aryl methyl sites for hydroxylation is 1. The molecule has 1 fully saturated rings. The van der Waals surface area contributed by atoms with Crippen LogP contribution >= 0.6 is 0 Å². The van der Waals surface area contributed by atoms with Gasteiger partial charge in [0.15, 0.2) is 0 Å². The Morgan fingerprint density at radius 2 is 1.86 bits per heavy atom. The van der Waals surface area contributed by atoms with E-state index in [1.54, 1.807) is 14.2 Å². The van der Waals surface area contributed by atoms with Gasteiger partial charge in [-0.25, -0.2) is 0 Å². The normalized spacial score (nSPS) is 15.0. The van der Waals surface area contributed by atoms with Gasteiger partial charge in [-0.1, -0.05) is 12.8 Å². The predicted octanol–water partition coefficient (Wildman–Crippen LogP) is 2.86. The SMILES string of the molecule is COc1cc(CCNC(=O)C2CCCC2)c(OC)cc1C. The molecule has 0 saturated heterocycles. The van der Waals surface area contributed by atoms with Gasteiger partial charge in [-0.15, -0.1) is 0 Å². The Bertz CT molecular complexity index is 493. The summed E-state index contributed by atoms with van der Waals surface area (Å²) in [4.78, 5) is 12.0. The minimum absolute atomic E-state index is 0.200. The van der Waals surface area contributed by atoms with Crippen molar-refractivity contribution < 1.29 is 14.3 Å². The Morgan fingerprint density at radius 3 is 2.48 bits per heavy atom. The van der Waals surface area contributed by atoms with Crippen LogP contribution in [0.25, 0.3) is 0 Å². The average molecular weight is 291 g/mol. The van der Waals surface area contributed by atoms with E-state index in [0.29, 0.717) is 6.54 Å². The maximum atomic E-state index is 12.0. The topological polar surface area (TPSA) is 47.6 Å². The molecule has 1 amide bonds. The van der Waals surface area contributed by atoms with E-state index in [-0.39, 0.29) is 11.8 Å². The highest BCUT2D eigenvalue weighted by Crippen LogP contribution is 2.28. The van der Waals surface area contributed by atoms with Gasteiger partial charge in [-0.05, 0) is 49.4 Å². The van der Waals surface area contributed by atoms with Crippen molar-refractivity contribution in [2.45, 2.75) is 39.0 Å². The molecule has 2 rings (SSSR count). The molecule has 0 unspecified atom stereocenters. The number of benzene rings is 1. The fourth-order valence-corrected chi connectivity index (χ4v) is 2.96. The lowest BCUT2D eigenvalue weighted by molar-refractivity contribution is -0.124. The minimum Gasteiger partial charge on any atom is -0.496 e. The first kappa shape index (κ1) is 15.7. The summed E-state index contributed by atoms with van der Waals surface area (Å²) in [5, 5.41) is 3.04. The second kappa shape index (κ2) is 7.34. The van der Waals surface area contributed by atoms with Crippen molar-refractivity contribution in [1.82, 2.24) is 5.32 Å². The van der Waals surface area contributed by atoms with E-state index in [1.807, 2.05) is 19.1 Å². The Labute approximate surface area is 126 Å². The lowest BCUT2D eigenvalue weighted by Gasteiger charge is -2.14. The fourth-order valence-electron chi connectivity index (χ4n) is 2.96. The van der Waals surface area contributed by atoms with Gasteiger partial charge in [0.1, 0.15) is 11.5 Å². The largest absolute Gasteiger partial charge is 0.496 e. The molecule has 21 heavy (non-hydrogen) atoms. The summed E-state index contributed by atoms with van der Waals surface area (Å²) in [6, 6.07) is 3.98. The minimum atomic E-state index is 0.200. The molecule has 1 aliphatic rings. The number of nitrogens with one attached hydrogen (secondary N) is 1. The van der Waals surface area contributed by atoms with Crippen LogP contribution in [0.4, 0.5) is 0 Å². The molecule has 1 N–H and O–H groups in total. The van der Waals surface area contributed by atoms with E-state index in [1.165, 1.54) is 12.8 Å². The first-order chi connectivity index (χ1) is 10.2. The molecule has 0 radical (unpaired) electrons. The number of carbonyl (C=O) groups is 1. The van der Waals surface area contributed by atoms with Gasteiger partial charge < -0.3 is 14.8 Å². The zero-order valence-corrected chi connectivity index (χ0v) is 13.2. The maximum absolute atomic E-state index is 12.0. The molecule has 4 heteroatoms. The monoisotopic (exact) mass is 291 g/mol. The first-order valence-electron chi connectivity index (χ1n) is 7.65. The van der Waals surface area contributed by atoms with E-state index in [0.717, 1.165) is 41.9 Å². The first-order valence-corrected chi connectivity index (χ1v) is 7.65. The van der Waals surface area contributed by atoms with E-state index in [2.05, 4.69) is 5.32 Å². The number of methoxy groups -OCH3 is 2. The number of hydrogen-bond acceptors (Lipinski definition) is 3. The van der Waals surface area contributed by atoms with Gasteiger partial charge in [-0.3, -0.25) is 4.79 Å². The molecule has 0 atom stereocenters. The Balaban J connectivity index is 1.94. The summed E-state index contributed by atoms with van der Waals surface area (Å²) < 4.78 is 10.8. The molecular formula is C17H25NO3. The average Bonchev–Trinajstić information content (AvgIpc) is 3.02. The van der Waals surface area contributed by atoms with Crippen molar-refractivity contribution in [3.63, 3.8) is 0 Å². The second-order valence-electron chi connectivity index (χ2n) is 5.66. The summed E-state index contributed by atoms with van der Waals surface area (Å²) in [5.74, 6) is 2.13. The molecule has 1 saturated carbocycles. The molecule has 0 aliphatic heterocycles. The lowest BCUT2D eigenvalue weighted by Crippen LogP contribution is -2.31. The third-order valence-corrected chi connectivity index (χ3v) is 4.22. The molecule has 0 spiro atoms. The number of amides is 1. The molecule has 0 aromatic heterocycles. The van der Waals surface area contributed by atoms with Crippen LogP contribution < -0.4 is 14.8 Å². The van der Waals surface area contributed by atoms with E-state index < -0.39 is 0 Å². The number of carbonyl (C=O) groups excluding carboxylic acids is 1. The van der Waals surface area contributed by atoms with Crippen molar-refractivity contribution in [2.75, 3.05) is 20.8 Å². The van der Waals surface area contributed by atoms with Crippen molar-refractivity contribution in [3.8, 4) is 11.5 Å². The molecule has 4 nitrogen and oxygen atoms in total. The highest BCUT2D eigenvalue weighted by Gasteiger charge is 2.22.